The summed E-state index contributed by atoms with van der Waals surface area (Å²) in [5, 5.41) is 2.36. The lowest BCUT2D eigenvalue weighted by Gasteiger charge is -2.11. The number of nitrogens with one attached hydrogen (secondary N) is 1. The molecule has 5 nitrogen and oxygen atoms in total. The Kier molecular flexibility index (Phi) is 2.62. The van der Waals surface area contributed by atoms with E-state index in [0.29, 0.717) is 10.6 Å². The molecule has 4 amide bonds. The van der Waals surface area contributed by atoms with Crippen LogP contribution in [0, 0.1) is 0 Å². The van der Waals surface area contributed by atoms with Gasteiger partial charge in [0.1, 0.15) is 0 Å². The Morgan fingerprint density at radius 2 is 1.88 bits per heavy atom. The van der Waals surface area contributed by atoms with E-state index < -0.39 is 17.8 Å². The maximum Gasteiger partial charge on any atom is 0.331 e. The highest BCUT2D eigenvalue weighted by molar-refractivity contribution is 6.44. The van der Waals surface area contributed by atoms with Crippen LogP contribution in [0.1, 0.15) is 5.56 Å². The van der Waals surface area contributed by atoms with Crippen molar-refractivity contribution in [3.05, 3.63) is 34.9 Å². The minimum atomic E-state index is -0.906. The van der Waals surface area contributed by atoms with Crippen molar-refractivity contribution in [3.8, 4) is 0 Å². The van der Waals surface area contributed by atoms with Gasteiger partial charge in [0.05, 0.1) is 6.54 Å². The van der Waals surface area contributed by atoms with E-state index in [9.17, 15) is 14.4 Å². The highest BCUT2D eigenvalue weighted by Crippen LogP contribution is 2.18. The van der Waals surface area contributed by atoms with E-state index in [-0.39, 0.29) is 6.54 Å². The molecule has 0 bridgehead atoms. The molecule has 1 N–H and O–H groups in total. The fourth-order valence-corrected chi connectivity index (χ4v) is 1.57. The molecule has 16 heavy (non-hydrogen) atoms. The summed E-state index contributed by atoms with van der Waals surface area (Å²) in [4.78, 5) is 34.3. The van der Waals surface area contributed by atoms with Crippen LogP contribution in [0.2, 0.25) is 5.02 Å². The van der Waals surface area contributed by atoms with Crippen molar-refractivity contribution in [1.82, 2.24) is 10.2 Å². The van der Waals surface area contributed by atoms with Crippen LogP contribution in [0.3, 0.4) is 0 Å². The van der Waals surface area contributed by atoms with Crippen molar-refractivity contribution in [2.45, 2.75) is 6.54 Å². The lowest BCUT2D eigenvalue weighted by molar-refractivity contribution is -0.140. The molecular formula is C10H7ClN2O3. The van der Waals surface area contributed by atoms with Gasteiger partial charge in [-0.3, -0.25) is 19.8 Å². The second-order valence-corrected chi connectivity index (χ2v) is 3.65. The molecule has 0 aliphatic carbocycles. The van der Waals surface area contributed by atoms with E-state index >= 15 is 0 Å². The van der Waals surface area contributed by atoms with E-state index in [1.54, 1.807) is 24.3 Å². The first-order valence-electron chi connectivity index (χ1n) is 4.50. The zero-order valence-electron chi connectivity index (χ0n) is 8.07. The van der Waals surface area contributed by atoms with Gasteiger partial charge in [0.15, 0.2) is 0 Å². The smallest absolute Gasteiger partial charge is 0.269 e. The van der Waals surface area contributed by atoms with Gasteiger partial charge < -0.3 is 0 Å². The van der Waals surface area contributed by atoms with Crippen LogP contribution in [-0.4, -0.2) is 22.7 Å². The van der Waals surface area contributed by atoms with Crippen molar-refractivity contribution < 1.29 is 14.4 Å². The monoisotopic (exact) mass is 238 g/mol. The summed E-state index contributed by atoms with van der Waals surface area (Å²) in [5.74, 6) is -1.76. The molecule has 2 rings (SSSR count). The molecule has 0 atom stereocenters. The highest BCUT2D eigenvalue weighted by atomic mass is 35.5. The Morgan fingerprint density at radius 1 is 1.19 bits per heavy atom. The van der Waals surface area contributed by atoms with Gasteiger partial charge in [-0.15, -0.1) is 0 Å². The largest absolute Gasteiger partial charge is 0.331 e. The predicted octanol–water partition coefficient (Wildman–Crippen LogP) is 0.918. The van der Waals surface area contributed by atoms with Gasteiger partial charge in [-0.05, 0) is 11.6 Å². The van der Waals surface area contributed by atoms with Gasteiger partial charge in [-0.1, -0.05) is 29.8 Å². The van der Waals surface area contributed by atoms with Crippen LogP contribution in [0.25, 0.3) is 0 Å². The molecule has 1 aromatic rings. The molecule has 82 valence electrons. The third-order valence-electron chi connectivity index (χ3n) is 2.19. The zero-order valence-corrected chi connectivity index (χ0v) is 8.82. The van der Waals surface area contributed by atoms with Crippen LogP contribution in [0.15, 0.2) is 24.3 Å². The molecule has 1 aromatic carbocycles. The molecule has 1 heterocycles. The molecule has 6 heteroatoms. The minimum Gasteiger partial charge on any atom is -0.269 e. The number of benzene rings is 1. The maximum absolute atomic E-state index is 11.3. The van der Waals surface area contributed by atoms with Crippen LogP contribution >= 0.6 is 11.6 Å². The standard InChI is InChI=1S/C10H7ClN2O3/c11-7-4-2-1-3-6(7)5-13-9(15)8(14)12-10(13)16/h1-4H,5H2,(H,12,14,16). The molecule has 0 unspecified atom stereocenters. The molecule has 0 radical (unpaired) electrons. The first-order chi connectivity index (χ1) is 7.59. The highest BCUT2D eigenvalue weighted by Gasteiger charge is 2.36. The van der Waals surface area contributed by atoms with Crippen LogP contribution in [-0.2, 0) is 16.1 Å². The maximum atomic E-state index is 11.3. The Hall–Kier alpha value is -1.88. The molecule has 1 fully saturated rings. The summed E-state index contributed by atoms with van der Waals surface area (Å²) in [6.45, 7) is -0.00389. The van der Waals surface area contributed by atoms with Gasteiger partial charge in [-0.2, -0.15) is 0 Å². The first kappa shape index (κ1) is 10.6. The number of rotatable bonds is 2. The zero-order chi connectivity index (χ0) is 11.7. The van der Waals surface area contributed by atoms with E-state index in [0.717, 1.165) is 4.90 Å². The molecule has 0 saturated carbocycles. The van der Waals surface area contributed by atoms with Gasteiger partial charge in [0, 0.05) is 5.02 Å². The summed E-state index contributed by atoms with van der Waals surface area (Å²) in [6.07, 6.45) is 0. The SMILES string of the molecule is O=C1NC(=O)N(Cc2ccccc2Cl)C1=O. The van der Waals surface area contributed by atoms with Gasteiger partial charge in [0.25, 0.3) is 0 Å². The lowest BCUT2D eigenvalue weighted by Crippen LogP contribution is -2.30. The van der Waals surface area contributed by atoms with E-state index in [2.05, 4.69) is 0 Å². The summed E-state index contributed by atoms with van der Waals surface area (Å²) < 4.78 is 0. The Morgan fingerprint density at radius 3 is 2.44 bits per heavy atom. The van der Waals surface area contributed by atoms with Crippen molar-refractivity contribution in [2.75, 3.05) is 0 Å². The van der Waals surface area contributed by atoms with Crippen molar-refractivity contribution in [1.29, 1.82) is 0 Å². The quantitative estimate of drug-likeness (QED) is 0.615. The van der Waals surface area contributed by atoms with Crippen LogP contribution in [0.5, 0.6) is 0 Å². The number of halogens is 1. The van der Waals surface area contributed by atoms with E-state index in [1.165, 1.54) is 0 Å². The molecular weight excluding hydrogens is 232 g/mol. The number of imide groups is 2. The van der Waals surface area contributed by atoms with Gasteiger partial charge in [0.2, 0.25) is 0 Å². The Balaban J connectivity index is 2.23. The molecule has 0 spiro atoms. The van der Waals surface area contributed by atoms with Crippen LogP contribution in [0.4, 0.5) is 4.79 Å². The summed E-state index contributed by atoms with van der Waals surface area (Å²) in [6, 6.07) is 6.10. The Labute approximate surface area is 96.0 Å². The fourth-order valence-electron chi connectivity index (χ4n) is 1.37. The third kappa shape index (κ3) is 1.77. The average molecular weight is 239 g/mol. The lowest BCUT2D eigenvalue weighted by atomic mass is 10.2. The molecule has 1 saturated heterocycles. The van der Waals surface area contributed by atoms with Crippen LogP contribution < -0.4 is 5.32 Å². The molecule has 0 aromatic heterocycles. The number of amides is 4. The molecule has 1 aliphatic heterocycles. The number of carbonyl (C=O) groups excluding carboxylic acids is 3. The van der Waals surface area contributed by atoms with E-state index in [1.807, 2.05) is 5.32 Å². The second kappa shape index (κ2) is 3.94. The summed E-state index contributed by atoms with van der Waals surface area (Å²) in [7, 11) is 0. The van der Waals surface area contributed by atoms with Crippen molar-refractivity contribution in [2.24, 2.45) is 0 Å². The topological polar surface area (TPSA) is 66.5 Å². The normalized spacial score (nSPS) is 15.6. The first-order valence-corrected chi connectivity index (χ1v) is 4.87. The van der Waals surface area contributed by atoms with E-state index in [4.69, 9.17) is 11.6 Å². The number of hydrogen-bond acceptors (Lipinski definition) is 3. The van der Waals surface area contributed by atoms with Gasteiger partial charge >= 0.3 is 17.8 Å². The van der Waals surface area contributed by atoms with Gasteiger partial charge in [-0.25, -0.2) is 4.79 Å². The second-order valence-electron chi connectivity index (χ2n) is 3.24. The third-order valence-corrected chi connectivity index (χ3v) is 2.56. The predicted molar refractivity (Wildman–Crippen MR) is 55.5 cm³/mol. The average Bonchev–Trinajstić information content (AvgIpc) is 2.48. The van der Waals surface area contributed by atoms with Crippen molar-refractivity contribution >= 4 is 29.4 Å². The number of urea groups is 1. The number of carbonyl (C=O) groups is 3. The number of nitrogens with zero attached hydrogens (tertiary/aromatic N) is 1. The minimum absolute atomic E-state index is 0.00389. The van der Waals surface area contributed by atoms with Crippen molar-refractivity contribution in [3.63, 3.8) is 0 Å². The summed E-state index contributed by atoms with van der Waals surface area (Å²) >= 11 is 5.88. The number of hydrogen-bond donors (Lipinski definition) is 1. The fraction of sp³-hybridized carbons (Fsp3) is 0.100. The summed E-state index contributed by atoms with van der Waals surface area (Å²) in [5.41, 5.74) is 0.613. The molecule has 1 aliphatic rings. The Bertz CT molecular complexity index is 487.